The van der Waals surface area contributed by atoms with Crippen LogP contribution >= 0.6 is 24.0 Å². The summed E-state index contributed by atoms with van der Waals surface area (Å²) in [5, 5.41) is 6.38. The molecule has 7 heteroatoms. The molecule has 0 heterocycles. The number of carbonyl (C=O) groups excluding carboxylic acids is 1. The van der Waals surface area contributed by atoms with Gasteiger partial charge in [0.05, 0.1) is 6.54 Å². The highest BCUT2D eigenvalue weighted by atomic mass is 127. The molecule has 1 rings (SSSR count). The lowest BCUT2D eigenvalue weighted by Gasteiger charge is -2.26. The Hall–Kier alpha value is -0.570. The topological polar surface area (TPSA) is 66.0 Å². The molecule has 0 aromatic rings. The lowest BCUT2D eigenvalue weighted by molar-refractivity contribution is -0.122. The summed E-state index contributed by atoms with van der Waals surface area (Å²) >= 11 is 0. The SMILES string of the molecule is CCOCCC1(CNC(=NC)N(C)CC(=O)NC(C)(C)C)CC1.I. The van der Waals surface area contributed by atoms with Gasteiger partial charge in [-0.2, -0.15) is 0 Å². The highest BCUT2D eigenvalue weighted by molar-refractivity contribution is 14.0. The maximum Gasteiger partial charge on any atom is 0.240 e. The van der Waals surface area contributed by atoms with Gasteiger partial charge in [0, 0.05) is 39.4 Å². The van der Waals surface area contributed by atoms with E-state index >= 15 is 0 Å². The number of ether oxygens (including phenoxy) is 1. The molecule has 1 amide bonds. The zero-order chi connectivity index (χ0) is 17.5. The number of nitrogens with zero attached hydrogens (tertiary/aromatic N) is 2. The number of hydrogen-bond donors (Lipinski definition) is 2. The van der Waals surface area contributed by atoms with Gasteiger partial charge in [-0.3, -0.25) is 9.79 Å². The molecule has 1 aliphatic rings. The summed E-state index contributed by atoms with van der Waals surface area (Å²) < 4.78 is 5.47. The summed E-state index contributed by atoms with van der Waals surface area (Å²) in [6, 6.07) is 0. The van der Waals surface area contributed by atoms with Gasteiger partial charge in [0.2, 0.25) is 5.91 Å². The Morgan fingerprint density at radius 1 is 1.33 bits per heavy atom. The fraction of sp³-hybridized carbons (Fsp3) is 0.882. The summed E-state index contributed by atoms with van der Waals surface area (Å²) in [6.07, 6.45) is 3.55. The predicted octanol–water partition coefficient (Wildman–Crippen LogP) is 2.23. The van der Waals surface area contributed by atoms with Gasteiger partial charge in [-0.1, -0.05) is 0 Å². The largest absolute Gasteiger partial charge is 0.382 e. The molecule has 0 aromatic carbocycles. The molecular formula is C17H35IN4O2. The molecule has 0 saturated heterocycles. The third-order valence-corrected chi connectivity index (χ3v) is 4.03. The minimum absolute atomic E-state index is 0. The number of aliphatic imine (C=N–C) groups is 1. The predicted molar refractivity (Wildman–Crippen MR) is 110 cm³/mol. The van der Waals surface area contributed by atoms with Gasteiger partial charge < -0.3 is 20.3 Å². The fourth-order valence-corrected chi connectivity index (χ4v) is 2.52. The van der Waals surface area contributed by atoms with Crippen LogP contribution in [0.25, 0.3) is 0 Å². The van der Waals surface area contributed by atoms with E-state index in [1.165, 1.54) is 12.8 Å². The second-order valence-electron chi connectivity index (χ2n) is 7.50. The Bertz CT molecular complexity index is 417. The second-order valence-corrected chi connectivity index (χ2v) is 7.50. The van der Waals surface area contributed by atoms with E-state index in [0.717, 1.165) is 32.1 Å². The molecule has 0 radical (unpaired) electrons. The molecule has 1 fully saturated rings. The molecule has 0 bridgehead atoms. The molecule has 6 nitrogen and oxygen atoms in total. The molecule has 24 heavy (non-hydrogen) atoms. The van der Waals surface area contributed by atoms with E-state index in [1.54, 1.807) is 7.05 Å². The van der Waals surface area contributed by atoms with Crippen molar-refractivity contribution < 1.29 is 9.53 Å². The van der Waals surface area contributed by atoms with Crippen LogP contribution in [0.15, 0.2) is 4.99 Å². The van der Waals surface area contributed by atoms with Crippen LogP contribution in [0.1, 0.15) is 47.0 Å². The van der Waals surface area contributed by atoms with E-state index in [4.69, 9.17) is 4.74 Å². The van der Waals surface area contributed by atoms with E-state index in [-0.39, 0.29) is 35.4 Å². The maximum absolute atomic E-state index is 12.0. The van der Waals surface area contributed by atoms with E-state index in [1.807, 2.05) is 39.6 Å². The summed E-state index contributed by atoms with van der Waals surface area (Å²) in [6.45, 7) is 10.7. The number of likely N-dealkylation sites (N-methyl/N-ethyl adjacent to an activating group) is 1. The van der Waals surface area contributed by atoms with Crippen molar-refractivity contribution in [3.63, 3.8) is 0 Å². The van der Waals surface area contributed by atoms with Crippen LogP contribution in [0, 0.1) is 5.41 Å². The number of guanidine groups is 1. The average Bonchev–Trinajstić information content (AvgIpc) is 3.17. The molecule has 0 spiro atoms. The smallest absolute Gasteiger partial charge is 0.240 e. The van der Waals surface area contributed by atoms with Gasteiger partial charge in [-0.25, -0.2) is 0 Å². The molecule has 0 atom stereocenters. The number of nitrogens with one attached hydrogen (secondary N) is 2. The fourth-order valence-electron chi connectivity index (χ4n) is 2.52. The Morgan fingerprint density at radius 2 is 1.96 bits per heavy atom. The highest BCUT2D eigenvalue weighted by Gasteiger charge is 2.42. The zero-order valence-electron chi connectivity index (χ0n) is 16.1. The van der Waals surface area contributed by atoms with Gasteiger partial charge >= 0.3 is 0 Å². The summed E-state index contributed by atoms with van der Waals surface area (Å²) in [5.41, 5.74) is 0.131. The van der Waals surface area contributed by atoms with Crippen LogP contribution in [-0.4, -0.2) is 62.7 Å². The quantitative estimate of drug-likeness (QED) is 0.256. The van der Waals surface area contributed by atoms with Gasteiger partial charge in [-0.15, -0.1) is 24.0 Å². The minimum Gasteiger partial charge on any atom is -0.382 e. The lowest BCUT2D eigenvalue weighted by atomic mass is 10.0. The second kappa shape index (κ2) is 10.4. The molecule has 0 aromatic heterocycles. The van der Waals surface area contributed by atoms with Crippen molar-refractivity contribution in [1.29, 1.82) is 0 Å². The van der Waals surface area contributed by atoms with Crippen molar-refractivity contribution in [2.24, 2.45) is 10.4 Å². The van der Waals surface area contributed by atoms with Crippen LogP contribution in [0.2, 0.25) is 0 Å². The van der Waals surface area contributed by atoms with E-state index in [2.05, 4.69) is 15.6 Å². The Balaban J connectivity index is 0.00000529. The van der Waals surface area contributed by atoms with Crippen LogP contribution in [0.3, 0.4) is 0 Å². The van der Waals surface area contributed by atoms with Crippen molar-refractivity contribution >= 4 is 35.8 Å². The Morgan fingerprint density at radius 3 is 2.42 bits per heavy atom. The third-order valence-electron chi connectivity index (χ3n) is 4.03. The van der Waals surface area contributed by atoms with E-state index in [9.17, 15) is 4.79 Å². The first-order chi connectivity index (χ1) is 10.7. The molecule has 142 valence electrons. The van der Waals surface area contributed by atoms with Crippen LogP contribution in [0.4, 0.5) is 0 Å². The van der Waals surface area contributed by atoms with E-state index in [0.29, 0.717) is 12.0 Å². The number of carbonyl (C=O) groups is 1. The monoisotopic (exact) mass is 454 g/mol. The summed E-state index contributed by atoms with van der Waals surface area (Å²) in [4.78, 5) is 18.2. The summed E-state index contributed by atoms with van der Waals surface area (Å²) in [7, 11) is 3.64. The molecule has 0 aliphatic heterocycles. The number of halogens is 1. The van der Waals surface area contributed by atoms with Gasteiger partial charge in [-0.05, 0) is 52.4 Å². The number of rotatable bonds is 8. The third kappa shape index (κ3) is 9.05. The van der Waals surface area contributed by atoms with Crippen molar-refractivity contribution in [3.05, 3.63) is 0 Å². The maximum atomic E-state index is 12.0. The van der Waals surface area contributed by atoms with Gasteiger partial charge in [0.1, 0.15) is 0 Å². The van der Waals surface area contributed by atoms with Crippen molar-refractivity contribution in [2.75, 3.05) is 40.4 Å². The average molecular weight is 454 g/mol. The first-order valence-corrected chi connectivity index (χ1v) is 8.52. The van der Waals surface area contributed by atoms with Gasteiger partial charge in [0.15, 0.2) is 5.96 Å². The van der Waals surface area contributed by atoms with Crippen LogP contribution < -0.4 is 10.6 Å². The molecule has 1 aliphatic carbocycles. The zero-order valence-corrected chi connectivity index (χ0v) is 18.4. The first-order valence-electron chi connectivity index (χ1n) is 8.52. The van der Waals surface area contributed by atoms with Crippen LogP contribution in [-0.2, 0) is 9.53 Å². The van der Waals surface area contributed by atoms with E-state index < -0.39 is 0 Å². The minimum atomic E-state index is -0.216. The first kappa shape index (κ1) is 23.4. The molecule has 1 saturated carbocycles. The number of amides is 1. The highest BCUT2D eigenvalue weighted by Crippen LogP contribution is 2.48. The Kier molecular flexibility index (Phi) is 10.2. The normalized spacial score (nSPS) is 16.2. The van der Waals surface area contributed by atoms with Crippen LogP contribution in [0.5, 0.6) is 0 Å². The van der Waals surface area contributed by atoms with Crippen molar-refractivity contribution in [1.82, 2.24) is 15.5 Å². The van der Waals surface area contributed by atoms with Gasteiger partial charge in [0.25, 0.3) is 0 Å². The lowest BCUT2D eigenvalue weighted by Crippen LogP contribution is -2.49. The number of hydrogen-bond acceptors (Lipinski definition) is 3. The molecule has 2 N–H and O–H groups in total. The molecular weight excluding hydrogens is 419 g/mol. The van der Waals surface area contributed by atoms with Crippen molar-refractivity contribution in [3.8, 4) is 0 Å². The van der Waals surface area contributed by atoms with Crippen molar-refractivity contribution in [2.45, 2.75) is 52.5 Å². The summed E-state index contributed by atoms with van der Waals surface area (Å²) in [5.74, 6) is 0.761. The Labute approximate surface area is 164 Å². The standard InChI is InChI=1S/C17H34N4O2.HI/c1-7-23-11-10-17(8-9-17)13-19-15(18-5)21(6)12-14(22)20-16(2,3)4;/h7-13H2,1-6H3,(H,18,19)(H,20,22);1H. The molecule has 0 unspecified atom stereocenters.